The van der Waals surface area contributed by atoms with Crippen LogP contribution < -0.4 is 14.8 Å². The molecule has 2 heterocycles. The first kappa shape index (κ1) is 25.8. The number of imide groups is 1. The van der Waals surface area contributed by atoms with Crippen LogP contribution in [0.15, 0.2) is 76.2 Å². The lowest BCUT2D eigenvalue weighted by Crippen LogP contribution is -2.46. The molecule has 3 aromatic rings. The quantitative estimate of drug-likeness (QED) is 0.265. The number of nitrogens with zero attached hydrogens (tertiary/aromatic N) is 2. The Balaban J connectivity index is 1.57. The van der Waals surface area contributed by atoms with Crippen molar-refractivity contribution in [1.82, 2.24) is 4.90 Å². The monoisotopic (exact) mass is 525 g/mol. The molecule has 0 aliphatic carbocycles. The fourth-order valence-corrected chi connectivity index (χ4v) is 4.51. The molecular formula is C25H23N3O8S. The highest BCUT2D eigenvalue weighted by Crippen LogP contribution is 2.28. The van der Waals surface area contributed by atoms with E-state index in [0.717, 1.165) is 4.90 Å². The van der Waals surface area contributed by atoms with E-state index in [-0.39, 0.29) is 41.5 Å². The zero-order valence-electron chi connectivity index (χ0n) is 19.7. The lowest BCUT2D eigenvalue weighted by molar-refractivity contribution is -0.132. The van der Waals surface area contributed by atoms with Crippen molar-refractivity contribution in [3.63, 3.8) is 0 Å². The third kappa shape index (κ3) is 5.76. The number of carbonyl (C=O) groups is 4. The first-order valence-electron chi connectivity index (χ1n) is 11.2. The number of hydrogen-bond donors (Lipinski definition) is 1. The van der Waals surface area contributed by atoms with Gasteiger partial charge in [0.05, 0.1) is 23.3 Å². The van der Waals surface area contributed by atoms with E-state index in [1.165, 1.54) is 66.6 Å². The van der Waals surface area contributed by atoms with Gasteiger partial charge in [0.1, 0.15) is 11.8 Å². The number of hydrogen-bond acceptors (Lipinski definition) is 8. The van der Waals surface area contributed by atoms with Crippen molar-refractivity contribution in [2.24, 2.45) is 5.14 Å². The van der Waals surface area contributed by atoms with Crippen molar-refractivity contribution in [2.45, 2.75) is 30.7 Å². The predicted molar refractivity (Wildman–Crippen MR) is 130 cm³/mol. The van der Waals surface area contributed by atoms with Gasteiger partial charge in [0.25, 0.3) is 11.8 Å². The number of benzene rings is 2. The molecular weight excluding hydrogens is 502 g/mol. The van der Waals surface area contributed by atoms with Gasteiger partial charge in [0.15, 0.2) is 5.76 Å². The van der Waals surface area contributed by atoms with E-state index in [2.05, 4.69) is 0 Å². The summed E-state index contributed by atoms with van der Waals surface area (Å²) >= 11 is 0. The van der Waals surface area contributed by atoms with Crippen LogP contribution in [0, 0.1) is 0 Å². The third-order valence-corrected chi connectivity index (χ3v) is 6.67. The number of nitrogens with two attached hydrogens (primary N) is 1. The van der Waals surface area contributed by atoms with Crippen molar-refractivity contribution in [1.29, 1.82) is 0 Å². The summed E-state index contributed by atoms with van der Waals surface area (Å²) in [6, 6.07) is 13.6. The average molecular weight is 526 g/mol. The van der Waals surface area contributed by atoms with Gasteiger partial charge in [-0.05, 0) is 60.5 Å². The van der Waals surface area contributed by atoms with Crippen molar-refractivity contribution >= 4 is 39.4 Å². The Labute approximate surface area is 212 Å². The summed E-state index contributed by atoms with van der Waals surface area (Å²) in [6.07, 6.45) is 1.36. The SMILES string of the molecule is CC(=O)Oc1ccc(N2C(=O)CC(N(CCc3ccc(S(N)(=O)=O)cc3)C(=O)c3ccco3)C2=O)cc1. The summed E-state index contributed by atoms with van der Waals surface area (Å²) in [5, 5.41) is 5.14. The minimum absolute atomic E-state index is 0.00834. The Bertz CT molecular complexity index is 1430. The van der Waals surface area contributed by atoms with Crippen LogP contribution in [0.2, 0.25) is 0 Å². The minimum Gasteiger partial charge on any atom is -0.459 e. The molecule has 1 saturated heterocycles. The van der Waals surface area contributed by atoms with Gasteiger partial charge in [-0.3, -0.25) is 19.2 Å². The molecule has 12 heteroatoms. The van der Waals surface area contributed by atoms with Gasteiger partial charge in [-0.15, -0.1) is 0 Å². The molecule has 2 N–H and O–H groups in total. The van der Waals surface area contributed by atoms with Gasteiger partial charge < -0.3 is 14.1 Å². The summed E-state index contributed by atoms with van der Waals surface area (Å²) in [5.74, 6) is -1.89. The number of furan rings is 1. The van der Waals surface area contributed by atoms with Gasteiger partial charge in [0, 0.05) is 13.5 Å². The fraction of sp³-hybridized carbons (Fsp3) is 0.200. The molecule has 1 atom stereocenters. The van der Waals surface area contributed by atoms with Crippen LogP contribution >= 0.6 is 0 Å². The highest BCUT2D eigenvalue weighted by molar-refractivity contribution is 7.89. The lowest BCUT2D eigenvalue weighted by atomic mass is 10.1. The number of amides is 3. The second-order valence-corrected chi connectivity index (χ2v) is 9.85. The van der Waals surface area contributed by atoms with E-state index in [0.29, 0.717) is 5.56 Å². The van der Waals surface area contributed by atoms with Crippen molar-refractivity contribution in [3.05, 3.63) is 78.3 Å². The second-order valence-electron chi connectivity index (χ2n) is 8.29. The molecule has 1 aliphatic heterocycles. The number of ether oxygens (including phenoxy) is 1. The van der Waals surface area contributed by atoms with Gasteiger partial charge >= 0.3 is 5.97 Å². The molecule has 1 aliphatic rings. The smallest absolute Gasteiger partial charge is 0.308 e. The predicted octanol–water partition coefficient (Wildman–Crippen LogP) is 1.87. The zero-order valence-corrected chi connectivity index (χ0v) is 20.5. The highest BCUT2D eigenvalue weighted by Gasteiger charge is 2.44. The maximum Gasteiger partial charge on any atom is 0.308 e. The number of anilines is 1. The van der Waals surface area contributed by atoms with Crippen LogP contribution in [0.25, 0.3) is 0 Å². The first-order valence-corrected chi connectivity index (χ1v) is 12.7. The molecule has 4 rings (SSSR count). The molecule has 1 unspecified atom stereocenters. The standard InChI is InChI=1S/C25H23N3O8S/c1-16(29)36-19-8-6-18(7-9-19)28-23(30)15-21(24(28)31)27(25(32)22-3-2-14-35-22)13-12-17-4-10-20(11-5-17)37(26,33)34/h2-11,14,21H,12-13,15H2,1H3,(H2,26,33,34). The summed E-state index contributed by atoms with van der Waals surface area (Å²) in [7, 11) is -3.85. The summed E-state index contributed by atoms with van der Waals surface area (Å²) in [5.41, 5.74) is 0.969. The highest BCUT2D eigenvalue weighted by atomic mass is 32.2. The molecule has 1 fully saturated rings. The van der Waals surface area contributed by atoms with E-state index in [1.54, 1.807) is 12.1 Å². The topological polar surface area (TPSA) is 157 Å². The van der Waals surface area contributed by atoms with Gasteiger partial charge in [-0.1, -0.05) is 12.1 Å². The number of rotatable bonds is 8. The van der Waals surface area contributed by atoms with Gasteiger partial charge in [0.2, 0.25) is 15.9 Å². The minimum atomic E-state index is -3.85. The molecule has 0 bridgehead atoms. The molecule has 0 radical (unpaired) electrons. The Morgan fingerprint density at radius 1 is 1.08 bits per heavy atom. The number of carbonyl (C=O) groups excluding carboxylic acids is 4. The van der Waals surface area contributed by atoms with Crippen molar-refractivity contribution < 1.29 is 36.7 Å². The van der Waals surface area contributed by atoms with Crippen LogP contribution in [-0.4, -0.2) is 49.6 Å². The molecule has 37 heavy (non-hydrogen) atoms. The number of esters is 1. The van der Waals surface area contributed by atoms with E-state index in [1.807, 2.05) is 0 Å². The molecule has 1 aromatic heterocycles. The molecule has 2 aromatic carbocycles. The van der Waals surface area contributed by atoms with Gasteiger partial charge in [-0.25, -0.2) is 18.5 Å². The fourth-order valence-electron chi connectivity index (χ4n) is 4.00. The second kappa shape index (κ2) is 10.4. The van der Waals surface area contributed by atoms with Crippen LogP contribution in [0.3, 0.4) is 0 Å². The summed E-state index contributed by atoms with van der Waals surface area (Å²) < 4.78 is 33.2. The molecule has 0 saturated carbocycles. The van der Waals surface area contributed by atoms with Gasteiger partial charge in [-0.2, -0.15) is 0 Å². The molecule has 0 spiro atoms. The maximum atomic E-state index is 13.4. The Morgan fingerprint density at radius 2 is 1.76 bits per heavy atom. The normalized spacial score (nSPS) is 15.6. The number of sulfonamides is 1. The Kier molecular flexibility index (Phi) is 7.23. The number of primary sulfonamides is 1. The van der Waals surface area contributed by atoms with Crippen LogP contribution in [0.1, 0.15) is 29.5 Å². The van der Waals surface area contributed by atoms with Crippen molar-refractivity contribution in [3.8, 4) is 5.75 Å². The van der Waals surface area contributed by atoms with E-state index in [4.69, 9.17) is 14.3 Å². The Hall–Kier alpha value is -4.29. The third-order valence-electron chi connectivity index (χ3n) is 5.74. The Morgan fingerprint density at radius 3 is 2.32 bits per heavy atom. The molecule has 3 amide bonds. The van der Waals surface area contributed by atoms with Crippen LogP contribution in [-0.2, 0) is 30.8 Å². The van der Waals surface area contributed by atoms with Crippen LogP contribution in [0.5, 0.6) is 5.75 Å². The lowest BCUT2D eigenvalue weighted by Gasteiger charge is -2.27. The molecule has 11 nitrogen and oxygen atoms in total. The van der Waals surface area contributed by atoms with E-state index < -0.39 is 39.8 Å². The summed E-state index contributed by atoms with van der Waals surface area (Å²) in [4.78, 5) is 52.9. The van der Waals surface area contributed by atoms with Crippen LogP contribution in [0.4, 0.5) is 5.69 Å². The maximum absolute atomic E-state index is 13.4. The first-order chi connectivity index (χ1) is 17.5. The largest absolute Gasteiger partial charge is 0.459 e. The van der Waals surface area contributed by atoms with Crippen molar-refractivity contribution in [2.75, 3.05) is 11.4 Å². The average Bonchev–Trinajstić information content (AvgIpc) is 3.48. The zero-order chi connectivity index (χ0) is 26.7. The molecule has 192 valence electrons. The summed E-state index contributed by atoms with van der Waals surface area (Å²) in [6.45, 7) is 1.31. The van der Waals surface area contributed by atoms with E-state index in [9.17, 15) is 27.6 Å². The van der Waals surface area contributed by atoms with E-state index >= 15 is 0 Å².